The second-order valence-electron chi connectivity index (χ2n) is 2.19. The Bertz CT molecular complexity index is 187. The van der Waals surface area contributed by atoms with Gasteiger partial charge in [0.25, 0.3) is 0 Å². The van der Waals surface area contributed by atoms with Crippen LogP contribution in [0, 0.1) is 0 Å². The fraction of sp³-hybridized carbons (Fsp3) is 0.500. The Labute approximate surface area is 78.9 Å². The van der Waals surface area contributed by atoms with Crippen LogP contribution in [0.1, 0.15) is 0 Å². The first-order valence-electron chi connectivity index (χ1n) is 2.66. The Morgan fingerprint density at radius 3 is 1.82 bits per heavy atom. The van der Waals surface area contributed by atoms with Gasteiger partial charge in [0.05, 0.1) is 0 Å². The summed E-state index contributed by atoms with van der Waals surface area (Å²) in [6.07, 6.45) is -2.26. The number of carboxylic acids is 2. The maximum atomic E-state index is 10.1. The van der Waals surface area contributed by atoms with Crippen molar-refractivity contribution < 1.29 is 30.0 Å². The molecular weight excluding hydrogens is 167 g/mol. The van der Waals surface area contributed by atoms with Gasteiger partial charge in [-0.1, -0.05) is 0 Å². The molecule has 0 saturated heterocycles. The molecule has 7 heteroatoms. The van der Waals surface area contributed by atoms with Gasteiger partial charge in [-0.25, -0.2) is 0 Å². The number of aliphatic hydroxyl groups excluding tert-OH is 1. The molecule has 0 saturated carbocycles. The summed E-state index contributed by atoms with van der Waals surface area (Å²) in [7, 11) is 0. The number of aliphatic hydroxyl groups is 2. The van der Waals surface area contributed by atoms with Crippen LogP contribution in [0.4, 0.5) is 0 Å². The van der Waals surface area contributed by atoms with Crippen molar-refractivity contribution in [2.24, 2.45) is 0 Å². The van der Waals surface area contributed by atoms with Crippen LogP contribution in [0.3, 0.4) is 0 Å². The number of carboxylic acid groups (broad SMARTS) is 2. The third kappa shape index (κ3) is 2.42. The normalized spacial score (nSPS) is 18.5. The fourth-order valence-electron chi connectivity index (χ4n) is 0.357. The zero-order valence-electron chi connectivity index (χ0n) is 5.68. The van der Waals surface area contributed by atoms with Crippen molar-refractivity contribution in [2.45, 2.75) is 8.95 Å². The van der Waals surface area contributed by atoms with Gasteiger partial charge in [-0.15, -0.1) is 0 Å². The molecule has 0 fully saturated rings. The molecule has 0 aliphatic rings. The van der Waals surface area contributed by atoms with E-state index in [0.717, 1.165) is 0 Å². The molecule has 0 unspecified atom stereocenters. The monoisotopic (exact) mass is 172 g/mol. The summed E-state index contributed by atoms with van der Waals surface area (Å²) in [6, 6.07) is 0. The topological polar surface area (TPSA) is 115 Å². The van der Waals surface area contributed by atoms with Crippen molar-refractivity contribution in [3.63, 3.8) is 0 Å². The van der Waals surface area contributed by atoms with E-state index in [-0.39, 0.29) is 27.9 Å². The number of aliphatic carboxylic acids is 2. The Kier molecular flexibility index (Phi) is 3.46. The van der Waals surface area contributed by atoms with Crippen molar-refractivity contribution in [2.75, 3.05) is 0 Å². The molecule has 6 nitrogen and oxygen atoms in total. The first kappa shape index (κ1) is 10.9. The van der Waals surface area contributed by atoms with Crippen molar-refractivity contribution in [3.05, 3.63) is 0 Å². The predicted octanol–water partition coefficient (Wildman–Crippen LogP) is -2.63. The summed E-state index contributed by atoms with van der Waals surface area (Å²) >= 11 is -0.360. The quantitative estimate of drug-likeness (QED) is 0.346. The average molecular weight is 172 g/mol. The molecule has 0 heterocycles. The van der Waals surface area contributed by atoms with E-state index in [9.17, 15) is 9.59 Å². The van der Waals surface area contributed by atoms with Crippen LogP contribution >= 0.6 is 0 Å². The summed E-state index contributed by atoms with van der Waals surface area (Å²) in [4.78, 5) is 20.1. The Hall–Kier alpha value is -0.140. The van der Waals surface area contributed by atoms with Gasteiger partial charge >= 0.3 is 78.8 Å². The van der Waals surface area contributed by atoms with Crippen molar-refractivity contribution in [1.82, 2.24) is 0 Å². The molecule has 0 radical (unpaired) electrons. The van der Waals surface area contributed by atoms with E-state index in [4.69, 9.17) is 20.4 Å². The summed E-state index contributed by atoms with van der Waals surface area (Å²) in [5.41, 5.74) is 0. The van der Waals surface area contributed by atoms with Gasteiger partial charge in [0.15, 0.2) is 0 Å². The first-order chi connectivity index (χ1) is 4.80. The molecule has 4 N–H and O–H groups in total. The molecule has 0 aromatic carbocycles. The molecule has 0 rings (SSSR count). The average Bonchev–Trinajstić information content (AvgIpc) is 1.85. The standard InChI is InChI=1S/C4H5O6.Na/c5-1(3(7)8)2(6)4(9)10;/h1,5-6H,(H,7,8)(H,9,10);/t1-;/m1./s1. The van der Waals surface area contributed by atoms with Crippen LogP contribution in [0.15, 0.2) is 0 Å². The van der Waals surface area contributed by atoms with Crippen LogP contribution in [-0.4, -0.2) is 69.2 Å². The van der Waals surface area contributed by atoms with E-state index < -0.39 is 20.9 Å². The van der Waals surface area contributed by atoms with Crippen LogP contribution in [-0.2, 0) is 9.59 Å². The number of hydrogen-bond acceptors (Lipinski definition) is 4. The summed E-state index contributed by atoms with van der Waals surface area (Å²) in [6.45, 7) is 0. The minimum atomic E-state index is -2.51. The van der Waals surface area contributed by atoms with E-state index in [1.807, 2.05) is 0 Å². The molecule has 0 aliphatic heterocycles. The zero-order valence-corrected chi connectivity index (χ0v) is 7.68. The van der Waals surface area contributed by atoms with E-state index in [1.165, 1.54) is 0 Å². The minimum absolute atomic E-state index is 0.360. The third-order valence-corrected chi connectivity index (χ3v) is 2.17. The first-order valence-corrected chi connectivity index (χ1v) is 3.66. The maximum absolute atomic E-state index is 10.1. The van der Waals surface area contributed by atoms with Gasteiger partial charge in [-0.05, 0) is 0 Å². The van der Waals surface area contributed by atoms with Crippen LogP contribution in [0.5, 0.6) is 0 Å². The molecular formula is C4H5NaO6. The Morgan fingerprint density at radius 2 is 1.73 bits per heavy atom. The van der Waals surface area contributed by atoms with Crippen molar-refractivity contribution >= 4 is 39.9 Å². The zero-order chi connectivity index (χ0) is 9.23. The van der Waals surface area contributed by atoms with E-state index in [2.05, 4.69) is 0 Å². The number of hydrogen-bond donors (Lipinski definition) is 4. The van der Waals surface area contributed by atoms with Gasteiger partial charge in [-0.3, -0.25) is 0 Å². The van der Waals surface area contributed by atoms with Gasteiger partial charge in [-0.2, -0.15) is 0 Å². The van der Waals surface area contributed by atoms with Gasteiger partial charge in [0.1, 0.15) is 0 Å². The molecule has 58 valence electrons. The summed E-state index contributed by atoms with van der Waals surface area (Å²) in [5, 5.41) is 33.8. The van der Waals surface area contributed by atoms with Crippen molar-refractivity contribution in [3.8, 4) is 0 Å². The molecule has 11 heavy (non-hydrogen) atoms. The molecule has 0 bridgehead atoms. The van der Waals surface area contributed by atoms with Crippen LogP contribution < -0.4 is 0 Å². The molecule has 0 aromatic heterocycles. The van der Waals surface area contributed by atoms with E-state index >= 15 is 0 Å². The van der Waals surface area contributed by atoms with Gasteiger partial charge in [0, 0.05) is 0 Å². The molecule has 0 amide bonds. The van der Waals surface area contributed by atoms with Gasteiger partial charge < -0.3 is 0 Å². The fourth-order valence-corrected chi connectivity index (χ4v) is 0.604. The molecule has 0 aromatic rings. The molecule has 2 atom stereocenters. The Balaban J connectivity index is 4.55. The SMILES string of the molecule is O=C(O)[C@H](O)[C@](O)([Na])C(=O)O. The second kappa shape index (κ2) is 3.51. The van der Waals surface area contributed by atoms with Crippen molar-refractivity contribution in [1.29, 1.82) is 0 Å². The van der Waals surface area contributed by atoms with Crippen LogP contribution in [0.25, 0.3) is 0 Å². The predicted molar refractivity (Wildman–Crippen MR) is 32.0 cm³/mol. The Morgan fingerprint density at radius 1 is 1.36 bits per heavy atom. The second-order valence-corrected chi connectivity index (χ2v) is 3.72. The molecule has 0 aliphatic carbocycles. The summed E-state index contributed by atoms with van der Waals surface area (Å²) < 4.78 is -2.51. The summed E-state index contributed by atoms with van der Waals surface area (Å²) in [5.74, 6) is -3.47. The van der Waals surface area contributed by atoms with E-state index in [1.54, 1.807) is 0 Å². The van der Waals surface area contributed by atoms with E-state index in [0.29, 0.717) is 0 Å². The third-order valence-electron chi connectivity index (χ3n) is 1.20. The number of rotatable bonds is 3. The number of carbonyl (C=O) groups is 2. The molecule has 0 spiro atoms. The van der Waals surface area contributed by atoms with Crippen LogP contribution in [0.2, 0.25) is 0 Å². The van der Waals surface area contributed by atoms with Gasteiger partial charge in [0.2, 0.25) is 0 Å².